The van der Waals surface area contributed by atoms with Crippen LogP contribution in [0.1, 0.15) is 33.6 Å². The highest BCUT2D eigenvalue weighted by Gasteiger charge is 2.57. The van der Waals surface area contributed by atoms with Crippen molar-refractivity contribution < 1.29 is 31.5 Å². The largest absolute Gasteiger partial charge is 0.455 e. The molecule has 3 nitrogen and oxygen atoms in total. The molecule has 8 heteroatoms. The van der Waals surface area contributed by atoms with Crippen molar-refractivity contribution in [1.82, 2.24) is 5.32 Å². The number of rotatable bonds is 8. The number of halogens is 5. The Balaban J connectivity index is 4.03. The first-order chi connectivity index (χ1) is 8.97. The Morgan fingerprint density at radius 2 is 1.70 bits per heavy atom. The summed E-state index contributed by atoms with van der Waals surface area (Å²) in [7, 11) is 0. The quantitative estimate of drug-likeness (QED) is 0.552. The summed E-state index contributed by atoms with van der Waals surface area (Å²) >= 11 is 0. The maximum atomic E-state index is 12.6. The van der Waals surface area contributed by atoms with Crippen LogP contribution in [0.15, 0.2) is 0 Å². The lowest BCUT2D eigenvalue weighted by Crippen LogP contribution is -2.47. The minimum atomic E-state index is -5.66. The SMILES string of the molecule is CC(C)OCCCC(C)C(=O)NCC(F)(F)C(F)(F)F. The molecule has 1 amide bonds. The number of hydrogen-bond donors (Lipinski definition) is 1. The van der Waals surface area contributed by atoms with Crippen molar-refractivity contribution in [1.29, 1.82) is 0 Å². The topological polar surface area (TPSA) is 38.3 Å². The Hall–Kier alpha value is -0.920. The first-order valence-corrected chi connectivity index (χ1v) is 6.31. The lowest BCUT2D eigenvalue weighted by molar-refractivity contribution is -0.278. The van der Waals surface area contributed by atoms with Gasteiger partial charge in [-0.3, -0.25) is 4.79 Å². The second-order valence-corrected chi connectivity index (χ2v) is 4.88. The van der Waals surface area contributed by atoms with Gasteiger partial charge in [0.05, 0.1) is 12.6 Å². The molecule has 0 fully saturated rings. The smallest absolute Gasteiger partial charge is 0.379 e. The number of amides is 1. The molecule has 0 aliphatic heterocycles. The molecule has 0 saturated heterocycles. The number of nitrogens with one attached hydrogen (secondary N) is 1. The molecule has 0 aromatic heterocycles. The predicted octanol–water partition coefficient (Wildman–Crippen LogP) is 3.14. The number of hydrogen-bond acceptors (Lipinski definition) is 2. The van der Waals surface area contributed by atoms with Crippen molar-refractivity contribution in [2.24, 2.45) is 5.92 Å². The molecule has 0 aliphatic rings. The molecule has 0 rings (SSSR count). The van der Waals surface area contributed by atoms with E-state index in [4.69, 9.17) is 4.74 Å². The van der Waals surface area contributed by atoms with Crippen LogP contribution in [-0.2, 0) is 9.53 Å². The van der Waals surface area contributed by atoms with E-state index in [9.17, 15) is 26.7 Å². The third kappa shape index (κ3) is 7.02. The van der Waals surface area contributed by atoms with Crippen LogP contribution in [0.4, 0.5) is 22.0 Å². The van der Waals surface area contributed by atoms with Crippen LogP contribution in [0.2, 0.25) is 0 Å². The Kier molecular flexibility index (Phi) is 7.40. The Labute approximate surface area is 114 Å². The molecule has 1 atom stereocenters. The first-order valence-electron chi connectivity index (χ1n) is 6.31. The van der Waals surface area contributed by atoms with E-state index in [1.807, 2.05) is 13.8 Å². The van der Waals surface area contributed by atoms with Crippen LogP contribution in [0.5, 0.6) is 0 Å². The van der Waals surface area contributed by atoms with Gasteiger partial charge < -0.3 is 10.1 Å². The molecule has 1 unspecified atom stereocenters. The van der Waals surface area contributed by atoms with Gasteiger partial charge in [-0.25, -0.2) is 0 Å². The zero-order valence-corrected chi connectivity index (χ0v) is 11.7. The highest BCUT2D eigenvalue weighted by Crippen LogP contribution is 2.34. The van der Waals surface area contributed by atoms with Crippen molar-refractivity contribution >= 4 is 5.91 Å². The van der Waals surface area contributed by atoms with Gasteiger partial charge in [0.1, 0.15) is 0 Å². The lowest BCUT2D eigenvalue weighted by atomic mass is 10.1. The second kappa shape index (κ2) is 7.75. The van der Waals surface area contributed by atoms with Gasteiger partial charge in [-0.05, 0) is 26.7 Å². The normalized spacial score (nSPS) is 14.4. The predicted molar refractivity (Wildman–Crippen MR) is 63.5 cm³/mol. The van der Waals surface area contributed by atoms with Gasteiger partial charge in [-0.2, -0.15) is 22.0 Å². The molecule has 20 heavy (non-hydrogen) atoms. The fraction of sp³-hybridized carbons (Fsp3) is 0.917. The van der Waals surface area contributed by atoms with Gasteiger partial charge in [0, 0.05) is 12.5 Å². The van der Waals surface area contributed by atoms with Crippen LogP contribution in [0.25, 0.3) is 0 Å². The summed E-state index contributed by atoms with van der Waals surface area (Å²) < 4.78 is 66.1. The van der Waals surface area contributed by atoms with Gasteiger partial charge in [0.25, 0.3) is 0 Å². The van der Waals surface area contributed by atoms with Crippen molar-refractivity contribution in [2.75, 3.05) is 13.2 Å². The third-order valence-electron chi connectivity index (χ3n) is 2.58. The van der Waals surface area contributed by atoms with E-state index in [0.717, 1.165) is 0 Å². The minimum Gasteiger partial charge on any atom is -0.379 e. The van der Waals surface area contributed by atoms with Crippen LogP contribution in [-0.4, -0.2) is 37.3 Å². The first kappa shape index (κ1) is 19.1. The highest BCUT2D eigenvalue weighted by molar-refractivity contribution is 5.78. The van der Waals surface area contributed by atoms with E-state index in [-0.39, 0.29) is 6.10 Å². The van der Waals surface area contributed by atoms with Gasteiger partial charge >= 0.3 is 12.1 Å². The summed E-state index contributed by atoms with van der Waals surface area (Å²) in [6.07, 6.45) is -4.72. The van der Waals surface area contributed by atoms with Crippen molar-refractivity contribution in [3.8, 4) is 0 Å². The zero-order chi connectivity index (χ0) is 16.0. The lowest BCUT2D eigenvalue weighted by Gasteiger charge is -2.21. The Morgan fingerprint density at radius 1 is 1.15 bits per heavy atom. The molecule has 0 aliphatic carbocycles. The second-order valence-electron chi connectivity index (χ2n) is 4.88. The number of alkyl halides is 5. The van der Waals surface area contributed by atoms with Crippen molar-refractivity contribution in [3.63, 3.8) is 0 Å². The average Bonchev–Trinajstić information content (AvgIpc) is 2.29. The van der Waals surface area contributed by atoms with E-state index in [1.54, 1.807) is 5.32 Å². The van der Waals surface area contributed by atoms with E-state index >= 15 is 0 Å². The monoisotopic (exact) mass is 305 g/mol. The maximum Gasteiger partial charge on any atom is 0.455 e. The summed E-state index contributed by atoms with van der Waals surface area (Å²) in [5, 5.41) is 1.63. The van der Waals surface area contributed by atoms with Gasteiger partial charge in [0.15, 0.2) is 0 Å². The fourth-order valence-electron chi connectivity index (χ4n) is 1.31. The highest BCUT2D eigenvalue weighted by atomic mass is 19.4. The number of carbonyl (C=O) groups excluding carboxylic acids is 1. The molecule has 1 N–H and O–H groups in total. The van der Waals surface area contributed by atoms with Gasteiger partial charge in [0.2, 0.25) is 5.91 Å². The molecule has 0 aromatic rings. The van der Waals surface area contributed by atoms with Crippen molar-refractivity contribution in [2.45, 2.75) is 51.8 Å². The third-order valence-corrected chi connectivity index (χ3v) is 2.58. The Bertz CT molecular complexity index is 305. The summed E-state index contributed by atoms with van der Waals surface area (Å²) in [5.41, 5.74) is 0. The Morgan fingerprint density at radius 3 is 2.15 bits per heavy atom. The summed E-state index contributed by atoms with van der Waals surface area (Å²) in [4.78, 5) is 11.4. The van der Waals surface area contributed by atoms with Gasteiger partial charge in [-0.1, -0.05) is 6.92 Å². The molecule has 0 aromatic carbocycles. The molecule has 0 radical (unpaired) electrons. The minimum absolute atomic E-state index is 0.0459. The molecule has 120 valence electrons. The number of carbonyl (C=O) groups is 1. The van der Waals surface area contributed by atoms with Crippen molar-refractivity contribution in [3.05, 3.63) is 0 Å². The van der Waals surface area contributed by atoms with E-state index in [1.165, 1.54) is 6.92 Å². The molecule has 0 saturated carbocycles. The maximum absolute atomic E-state index is 12.6. The standard InChI is InChI=1S/C12H20F5NO2/c1-8(2)20-6-4-5-9(3)10(19)18-7-11(13,14)12(15,16)17/h8-9H,4-7H2,1-3H3,(H,18,19). The van der Waals surface area contributed by atoms with Crippen LogP contribution in [0.3, 0.4) is 0 Å². The zero-order valence-electron chi connectivity index (χ0n) is 11.7. The van der Waals surface area contributed by atoms with Crippen LogP contribution >= 0.6 is 0 Å². The summed E-state index contributed by atoms with van der Waals surface area (Å²) in [6, 6.07) is 0. The van der Waals surface area contributed by atoms with Crippen LogP contribution in [0, 0.1) is 5.92 Å². The molecule has 0 heterocycles. The van der Waals surface area contributed by atoms with Gasteiger partial charge in [-0.15, -0.1) is 0 Å². The molecule has 0 bridgehead atoms. The summed E-state index contributed by atoms with van der Waals surface area (Å²) in [6.45, 7) is 3.83. The van der Waals surface area contributed by atoms with E-state index in [0.29, 0.717) is 19.4 Å². The average molecular weight is 305 g/mol. The molecule has 0 spiro atoms. The summed E-state index contributed by atoms with van der Waals surface area (Å²) in [5.74, 6) is -6.38. The van der Waals surface area contributed by atoms with E-state index in [2.05, 4.69) is 0 Å². The number of ether oxygens (including phenoxy) is 1. The fourth-order valence-corrected chi connectivity index (χ4v) is 1.31. The van der Waals surface area contributed by atoms with Crippen LogP contribution < -0.4 is 5.32 Å². The molecular weight excluding hydrogens is 285 g/mol. The van der Waals surface area contributed by atoms with E-state index < -0.39 is 30.5 Å². The molecular formula is C12H20F5NO2.